The number of aryl methyl sites for hydroxylation is 1. The minimum atomic E-state index is -0.210. The number of benzene rings is 2. The molecule has 0 unspecified atom stereocenters. The summed E-state index contributed by atoms with van der Waals surface area (Å²) in [6, 6.07) is 11.1. The molecule has 2 aromatic carbocycles. The van der Waals surface area contributed by atoms with Crippen molar-refractivity contribution in [2.45, 2.75) is 45.6 Å². The van der Waals surface area contributed by atoms with Gasteiger partial charge in [-0.3, -0.25) is 9.59 Å². The van der Waals surface area contributed by atoms with E-state index in [9.17, 15) is 9.59 Å². The monoisotopic (exact) mass is 396 g/mol. The van der Waals surface area contributed by atoms with Crippen LogP contribution in [0.3, 0.4) is 0 Å². The SMILES string of the molecule is COc1cc(C(=O)Nc2cccc3c2CCCC3)ccc1OCC(=O)NC(C)C. The largest absolute Gasteiger partial charge is 0.493 e. The molecule has 0 aliphatic heterocycles. The van der Waals surface area contributed by atoms with Gasteiger partial charge in [0, 0.05) is 17.3 Å². The molecular weight excluding hydrogens is 368 g/mol. The third-order valence-electron chi connectivity index (χ3n) is 4.88. The summed E-state index contributed by atoms with van der Waals surface area (Å²) in [5.41, 5.74) is 3.89. The quantitative estimate of drug-likeness (QED) is 0.748. The number of anilines is 1. The van der Waals surface area contributed by atoms with Crippen LogP contribution in [-0.2, 0) is 17.6 Å². The van der Waals surface area contributed by atoms with Gasteiger partial charge in [0.25, 0.3) is 11.8 Å². The van der Waals surface area contributed by atoms with Gasteiger partial charge in [-0.05, 0) is 74.9 Å². The number of amides is 2. The highest BCUT2D eigenvalue weighted by Crippen LogP contribution is 2.30. The molecule has 3 rings (SSSR count). The number of carbonyl (C=O) groups is 2. The van der Waals surface area contributed by atoms with E-state index in [1.807, 2.05) is 26.0 Å². The topological polar surface area (TPSA) is 76.7 Å². The Morgan fingerprint density at radius 3 is 2.62 bits per heavy atom. The average molecular weight is 396 g/mol. The maximum atomic E-state index is 12.8. The summed E-state index contributed by atoms with van der Waals surface area (Å²) in [4.78, 5) is 24.6. The van der Waals surface area contributed by atoms with Crippen LogP contribution in [0.25, 0.3) is 0 Å². The van der Waals surface area contributed by atoms with E-state index in [-0.39, 0.29) is 24.5 Å². The number of carbonyl (C=O) groups excluding carboxylic acids is 2. The van der Waals surface area contributed by atoms with Crippen LogP contribution in [0.1, 0.15) is 48.2 Å². The fraction of sp³-hybridized carbons (Fsp3) is 0.391. The summed E-state index contributed by atoms with van der Waals surface area (Å²) in [5, 5.41) is 5.79. The Morgan fingerprint density at radius 1 is 1.07 bits per heavy atom. The predicted molar refractivity (Wildman–Crippen MR) is 113 cm³/mol. The van der Waals surface area contributed by atoms with Crippen molar-refractivity contribution >= 4 is 17.5 Å². The molecule has 1 aliphatic rings. The van der Waals surface area contributed by atoms with Crippen LogP contribution in [0, 0.1) is 0 Å². The molecule has 0 saturated heterocycles. The number of hydrogen-bond acceptors (Lipinski definition) is 4. The molecule has 1 aliphatic carbocycles. The van der Waals surface area contributed by atoms with Crippen LogP contribution in [0.15, 0.2) is 36.4 Å². The van der Waals surface area contributed by atoms with Crippen molar-refractivity contribution in [3.05, 3.63) is 53.1 Å². The summed E-state index contributed by atoms with van der Waals surface area (Å²) < 4.78 is 10.9. The Morgan fingerprint density at radius 2 is 1.86 bits per heavy atom. The molecule has 6 nitrogen and oxygen atoms in total. The second-order valence-electron chi connectivity index (χ2n) is 7.48. The molecule has 0 fully saturated rings. The summed E-state index contributed by atoms with van der Waals surface area (Å²) in [7, 11) is 1.51. The van der Waals surface area contributed by atoms with Gasteiger partial charge < -0.3 is 20.1 Å². The van der Waals surface area contributed by atoms with E-state index in [0.717, 1.165) is 24.9 Å². The van der Waals surface area contributed by atoms with Gasteiger partial charge >= 0.3 is 0 Å². The summed E-state index contributed by atoms with van der Waals surface area (Å²) >= 11 is 0. The van der Waals surface area contributed by atoms with Gasteiger partial charge in [-0.2, -0.15) is 0 Å². The van der Waals surface area contributed by atoms with Crippen molar-refractivity contribution < 1.29 is 19.1 Å². The lowest BCUT2D eigenvalue weighted by molar-refractivity contribution is -0.123. The molecule has 0 aromatic heterocycles. The fourth-order valence-electron chi connectivity index (χ4n) is 3.53. The van der Waals surface area contributed by atoms with Gasteiger partial charge in [-0.1, -0.05) is 12.1 Å². The Balaban J connectivity index is 1.71. The maximum Gasteiger partial charge on any atom is 0.258 e. The lowest BCUT2D eigenvalue weighted by atomic mass is 9.90. The number of methoxy groups -OCH3 is 1. The van der Waals surface area contributed by atoms with Crippen molar-refractivity contribution in [3.63, 3.8) is 0 Å². The number of fused-ring (bicyclic) bond motifs is 1. The molecule has 0 bridgehead atoms. The van der Waals surface area contributed by atoms with Crippen LogP contribution in [-0.4, -0.2) is 31.6 Å². The van der Waals surface area contributed by atoms with Gasteiger partial charge in [0.05, 0.1) is 7.11 Å². The average Bonchev–Trinajstić information content (AvgIpc) is 2.72. The van der Waals surface area contributed by atoms with Crippen molar-refractivity contribution in [1.82, 2.24) is 5.32 Å². The molecule has 0 atom stereocenters. The number of ether oxygens (including phenoxy) is 2. The third-order valence-corrected chi connectivity index (χ3v) is 4.88. The second kappa shape index (κ2) is 9.45. The van der Waals surface area contributed by atoms with E-state index in [4.69, 9.17) is 9.47 Å². The van der Waals surface area contributed by atoms with Crippen LogP contribution in [0.2, 0.25) is 0 Å². The van der Waals surface area contributed by atoms with Crippen LogP contribution < -0.4 is 20.1 Å². The summed E-state index contributed by atoms with van der Waals surface area (Å²) in [5.74, 6) is 0.411. The van der Waals surface area contributed by atoms with E-state index in [2.05, 4.69) is 16.7 Å². The zero-order chi connectivity index (χ0) is 20.8. The Kier molecular flexibility index (Phi) is 6.75. The maximum absolute atomic E-state index is 12.8. The zero-order valence-electron chi connectivity index (χ0n) is 17.2. The highest BCUT2D eigenvalue weighted by Gasteiger charge is 2.17. The van der Waals surface area contributed by atoms with E-state index in [1.165, 1.54) is 24.7 Å². The smallest absolute Gasteiger partial charge is 0.258 e. The molecule has 2 aromatic rings. The molecule has 6 heteroatoms. The molecule has 2 N–H and O–H groups in total. The lowest BCUT2D eigenvalue weighted by Gasteiger charge is -2.19. The summed E-state index contributed by atoms with van der Waals surface area (Å²) in [6.45, 7) is 3.65. The van der Waals surface area contributed by atoms with Gasteiger partial charge in [0.2, 0.25) is 0 Å². The van der Waals surface area contributed by atoms with Crippen molar-refractivity contribution in [2.24, 2.45) is 0 Å². The molecule has 0 saturated carbocycles. The molecule has 0 spiro atoms. The molecule has 2 amide bonds. The molecular formula is C23H28N2O4. The van der Waals surface area contributed by atoms with E-state index < -0.39 is 0 Å². The third kappa shape index (κ3) is 5.28. The standard InChI is InChI=1S/C23H28N2O4/c1-15(2)24-22(26)14-29-20-12-11-17(13-21(20)28-3)23(27)25-19-10-6-8-16-7-4-5-9-18(16)19/h6,8,10-13,15H,4-5,7,9,14H2,1-3H3,(H,24,26)(H,25,27). The first-order chi connectivity index (χ1) is 14.0. The van der Waals surface area contributed by atoms with Gasteiger partial charge in [-0.25, -0.2) is 0 Å². The highest BCUT2D eigenvalue weighted by atomic mass is 16.5. The Hall–Kier alpha value is -3.02. The zero-order valence-corrected chi connectivity index (χ0v) is 17.2. The van der Waals surface area contributed by atoms with Gasteiger partial charge in [0.1, 0.15) is 0 Å². The Labute approximate surface area is 171 Å². The first-order valence-electron chi connectivity index (χ1n) is 10.00. The van der Waals surface area contributed by atoms with Crippen LogP contribution >= 0.6 is 0 Å². The van der Waals surface area contributed by atoms with Crippen molar-refractivity contribution in [1.29, 1.82) is 0 Å². The molecule has 29 heavy (non-hydrogen) atoms. The predicted octanol–water partition coefficient (Wildman–Crippen LogP) is 3.73. The van der Waals surface area contributed by atoms with E-state index in [0.29, 0.717) is 17.1 Å². The molecule has 0 heterocycles. The first-order valence-corrected chi connectivity index (χ1v) is 10.00. The minimum Gasteiger partial charge on any atom is -0.493 e. The van der Waals surface area contributed by atoms with Crippen molar-refractivity contribution in [2.75, 3.05) is 19.0 Å². The second-order valence-corrected chi connectivity index (χ2v) is 7.48. The normalized spacial score (nSPS) is 12.8. The number of hydrogen-bond donors (Lipinski definition) is 2. The van der Waals surface area contributed by atoms with Crippen molar-refractivity contribution in [3.8, 4) is 11.5 Å². The Bertz CT molecular complexity index is 892. The molecule has 0 radical (unpaired) electrons. The van der Waals surface area contributed by atoms with E-state index >= 15 is 0 Å². The van der Waals surface area contributed by atoms with Gasteiger partial charge in [0.15, 0.2) is 18.1 Å². The lowest BCUT2D eigenvalue weighted by Crippen LogP contribution is -2.34. The number of rotatable bonds is 7. The minimum absolute atomic E-state index is 0.0443. The van der Waals surface area contributed by atoms with Crippen LogP contribution in [0.5, 0.6) is 11.5 Å². The highest BCUT2D eigenvalue weighted by molar-refractivity contribution is 6.05. The van der Waals surface area contributed by atoms with E-state index in [1.54, 1.807) is 18.2 Å². The number of nitrogens with one attached hydrogen (secondary N) is 2. The fourth-order valence-corrected chi connectivity index (χ4v) is 3.53. The van der Waals surface area contributed by atoms with Gasteiger partial charge in [-0.15, -0.1) is 0 Å². The van der Waals surface area contributed by atoms with Crippen LogP contribution in [0.4, 0.5) is 5.69 Å². The first kappa shape index (κ1) is 20.7. The summed E-state index contributed by atoms with van der Waals surface area (Å²) in [6.07, 6.45) is 4.38. The molecule has 154 valence electrons.